The second-order valence-electron chi connectivity index (χ2n) is 8.65. The first-order chi connectivity index (χ1) is 18.0. The molecule has 0 saturated carbocycles. The van der Waals surface area contributed by atoms with Crippen LogP contribution in [0.5, 0.6) is 0 Å². The van der Waals surface area contributed by atoms with Crippen molar-refractivity contribution in [2.45, 2.75) is 38.5 Å². The number of nitro groups is 1. The first-order valence-corrected chi connectivity index (χ1v) is 13.2. The van der Waals surface area contributed by atoms with Crippen molar-refractivity contribution in [1.82, 2.24) is 20.1 Å². The van der Waals surface area contributed by atoms with Crippen LogP contribution in [0.3, 0.4) is 0 Å². The number of aromatic nitrogens is 3. The molecule has 0 aliphatic heterocycles. The van der Waals surface area contributed by atoms with E-state index in [2.05, 4.69) is 27.4 Å². The fraction of sp³-hybridized carbons (Fsp3) is 0.280. The number of aryl methyl sites for hydroxylation is 1. The van der Waals surface area contributed by atoms with Crippen molar-refractivity contribution in [1.29, 1.82) is 0 Å². The summed E-state index contributed by atoms with van der Waals surface area (Å²) in [6.45, 7) is 9.71. The maximum absolute atomic E-state index is 13.0. The number of carbonyl (C=O) groups excluding carboxylic acids is 2. The maximum atomic E-state index is 13.0. The van der Waals surface area contributed by atoms with Gasteiger partial charge in [0.25, 0.3) is 11.6 Å². The Hall–Kier alpha value is -3.41. The van der Waals surface area contributed by atoms with Crippen LogP contribution in [0.15, 0.2) is 54.2 Å². The van der Waals surface area contributed by atoms with Gasteiger partial charge in [0.1, 0.15) is 0 Å². The molecule has 0 unspecified atom stereocenters. The molecule has 0 radical (unpaired) electrons. The third-order valence-electron chi connectivity index (χ3n) is 5.49. The van der Waals surface area contributed by atoms with E-state index in [1.165, 1.54) is 36.0 Å². The van der Waals surface area contributed by atoms with Crippen molar-refractivity contribution >= 4 is 58.2 Å². The van der Waals surface area contributed by atoms with Crippen LogP contribution in [0.4, 0.5) is 11.4 Å². The summed E-state index contributed by atoms with van der Waals surface area (Å²) in [5.74, 6) is -0.222. The number of carbonyl (C=O) groups is 2. The van der Waals surface area contributed by atoms with Crippen LogP contribution in [-0.2, 0) is 11.3 Å². The SMILES string of the molecule is C=CCn1c(SCC(=O)Nc2ccc([N+](=O)[O-])cc2C)nnc1[C@H](NC(=O)c1ccc(Cl)cc1Cl)C(C)C. The number of thioether (sulfide) groups is 1. The third kappa shape index (κ3) is 7.12. The van der Waals surface area contributed by atoms with Crippen LogP contribution in [0.2, 0.25) is 10.0 Å². The molecule has 0 aliphatic rings. The highest BCUT2D eigenvalue weighted by Gasteiger charge is 2.27. The van der Waals surface area contributed by atoms with Crippen LogP contribution >= 0.6 is 35.0 Å². The van der Waals surface area contributed by atoms with Gasteiger partial charge in [-0.1, -0.05) is 54.9 Å². The molecular weight excluding hydrogens is 551 g/mol. The molecule has 0 bridgehead atoms. The molecule has 38 heavy (non-hydrogen) atoms. The number of nitro benzene ring substituents is 1. The largest absolute Gasteiger partial charge is 0.342 e. The minimum atomic E-state index is -0.507. The predicted octanol–water partition coefficient (Wildman–Crippen LogP) is 5.85. The second-order valence-corrected chi connectivity index (χ2v) is 10.4. The number of halogens is 2. The van der Waals surface area contributed by atoms with Gasteiger partial charge in [0, 0.05) is 29.4 Å². The molecule has 10 nitrogen and oxygen atoms in total. The molecule has 0 spiro atoms. The lowest BCUT2D eigenvalue weighted by Crippen LogP contribution is -2.34. The van der Waals surface area contributed by atoms with E-state index >= 15 is 0 Å². The van der Waals surface area contributed by atoms with Crippen LogP contribution in [0.1, 0.15) is 41.6 Å². The Labute approximate surface area is 234 Å². The Bertz CT molecular complexity index is 1380. The molecule has 0 fully saturated rings. The van der Waals surface area contributed by atoms with Crippen molar-refractivity contribution < 1.29 is 14.5 Å². The predicted molar refractivity (Wildman–Crippen MR) is 149 cm³/mol. The molecule has 3 rings (SSSR count). The fourth-order valence-corrected chi connectivity index (χ4v) is 4.83. The van der Waals surface area contributed by atoms with Crippen molar-refractivity contribution in [3.8, 4) is 0 Å². The maximum Gasteiger partial charge on any atom is 0.269 e. The number of non-ortho nitro benzene ring substituents is 1. The third-order valence-corrected chi connectivity index (χ3v) is 7.01. The summed E-state index contributed by atoms with van der Waals surface area (Å²) in [6, 6.07) is 8.36. The molecule has 1 atom stereocenters. The van der Waals surface area contributed by atoms with Gasteiger partial charge in [-0.05, 0) is 42.7 Å². The summed E-state index contributed by atoms with van der Waals surface area (Å²) in [5, 5.41) is 26.4. The molecular formula is C25H26Cl2N6O4S. The van der Waals surface area contributed by atoms with E-state index < -0.39 is 11.0 Å². The Morgan fingerprint density at radius 1 is 1.21 bits per heavy atom. The molecule has 200 valence electrons. The van der Waals surface area contributed by atoms with Gasteiger partial charge in [-0.3, -0.25) is 19.7 Å². The number of amides is 2. The van der Waals surface area contributed by atoms with Crippen LogP contribution in [0, 0.1) is 23.0 Å². The number of hydrogen-bond donors (Lipinski definition) is 2. The molecule has 1 aromatic heterocycles. The number of nitrogens with one attached hydrogen (secondary N) is 2. The molecule has 2 amide bonds. The minimum Gasteiger partial charge on any atom is -0.342 e. The fourth-order valence-electron chi connectivity index (χ4n) is 3.58. The van der Waals surface area contributed by atoms with E-state index in [9.17, 15) is 19.7 Å². The van der Waals surface area contributed by atoms with Crippen LogP contribution < -0.4 is 10.6 Å². The zero-order valence-electron chi connectivity index (χ0n) is 20.9. The second kappa shape index (κ2) is 12.9. The van der Waals surface area contributed by atoms with Gasteiger partial charge in [-0.25, -0.2) is 0 Å². The van der Waals surface area contributed by atoms with E-state index in [4.69, 9.17) is 23.2 Å². The summed E-state index contributed by atoms with van der Waals surface area (Å²) in [6.07, 6.45) is 1.67. The zero-order valence-corrected chi connectivity index (χ0v) is 23.2. The van der Waals surface area contributed by atoms with Crippen LogP contribution in [-0.4, -0.2) is 37.3 Å². The molecule has 13 heteroatoms. The Morgan fingerprint density at radius 2 is 1.95 bits per heavy atom. The summed E-state index contributed by atoms with van der Waals surface area (Å²) in [5.41, 5.74) is 1.29. The zero-order chi connectivity index (χ0) is 28.0. The number of anilines is 1. The number of rotatable bonds is 11. The summed E-state index contributed by atoms with van der Waals surface area (Å²) in [7, 11) is 0. The normalized spacial score (nSPS) is 11.7. The van der Waals surface area contributed by atoms with E-state index in [-0.39, 0.29) is 39.8 Å². The highest BCUT2D eigenvalue weighted by atomic mass is 35.5. The molecule has 0 saturated heterocycles. The van der Waals surface area contributed by atoms with Gasteiger partial charge in [0.15, 0.2) is 11.0 Å². The smallest absolute Gasteiger partial charge is 0.269 e. The van der Waals surface area contributed by atoms with Gasteiger partial charge in [0.05, 0.1) is 27.3 Å². The average Bonchev–Trinajstić information content (AvgIpc) is 3.24. The number of nitrogens with zero attached hydrogens (tertiary/aromatic N) is 4. The first kappa shape index (κ1) is 29.2. The summed E-state index contributed by atoms with van der Waals surface area (Å²) >= 11 is 13.3. The van der Waals surface area contributed by atoms with Gasteiger partial charge in [-0.15, -0.1) is 16.8 Å². The highest BCUT2D eigenvalue weighted by Crippen LogP contribution is 2.28. The minimum absolute atomic E-state index is 0.0186. The lowest BCUT2D eigenvalue weighted by atomic mass is 10.0. The molecule has 3 aromatic rings. The van der Waals surface area contributed by atoms with E-state index in [0.29, 0.717) is 33.8 Å². The summed E-state index contributed by atoms with van der Waals surface area (Å²) in [4.78, 5) is 36.1. The van der Waals surface area contributed by atoms with Gasteiger partial charge in [-0.2, -0.15) is 0 Å². The van der Waals surface area contributed by atoms with E-state index in [1.54, 1.807) is 29.7 Å². The van der Waals surface area contributed by atoms with E-state index in [0.717, 1.165) is 0 Å². The number of allylic oxidation sites excluding steroid dienone is 1. The van der Waals surface area contributed by atoms with E-state index in [1.807, 2.05) is 13.8 Å². The highest BCUT2D eigenvalue weighted by molar-refractivity contribution is 7.99. The molecule has 0 aliphatic carbocycles. The Balaban J connectivity index is 1.76. The van der Waals surface area contributed by atoms with Gasteiger partial charge in [0.2, 0.25) is 5.91 Å². The monoisotopic (exact) mass is 576 g/mol. The number of benzene rings is 2. The summed E-state index contributed by atoms with van der Waals surface area (Å²) < 4.78 is 1.79. The quantitative estimate of drug-likeness (QED) is 0.127. The van der Waals surface area contributed by atoms with Crippen LogP contribution in [0.25, 0.3) is 0 Å². The van der Waals surface area contributed by atoms with Crippen molar-refractivity contribution in [2.24, 2.45) is 5.92 Å². The molecule has 2 N–H and O–H groups in total. The Kier molecular flexibility index (Phi) is 9.90. The molecule has 1 heterocycles. The topological polar surface area (TPSA) is 132 Å². The van der Waals surface area contributed by atoms with Gasteiger partial charge >= 0.3 is 0 Å². The van der Waals surface area contributed by atoms with Gasteiger partial charge < -0.3 is 15.2 Å². The lowest BCUT2D eigenvalue weighted by molar-refractivity contribution is -0.384. The standard InChI is InChI=1S/C25H26Cl2N6O4S/c1-5-10-32-23(22(14(2)3)29-24(35)18-8-6-16(26)12-19(18)27)30-31-25(32)38-13-21(34)28-20-9-7-17(33(36)37)11-15(20)4/h5-9,11-12,14,22H,1,10,13H2,2-4H3,(H,28,34)(H,29,35)/t22-/m1/s1. The number of hydrogen-bond acceptors (Lipinski definition) is 7. The van der Waals surface area contributed by atoms with Crippen molar-refractivity contribution in [3.05, 3.63) is 86.2 Å². The Morgan fingerprint density at radius 3 is 2.55 bits per heavy atom. The average molecular weight is 577 g/mol. The molecule has 2 aromatic carbocycles. The first-order valence-electron chi connectivity index (χ1n) is 11.5. The van der Waals surface area contributed by atoms with Crippen molar-refractivity contribution in [2.75, 3.05) is 11.1 Å². The lowest BCUT2D eigenvalue weighted by Gasteiger charge is -2.23. The van der Waals surface area contributed by atoms with Crippen molar-refractivity contribution in [3.63, 3.8) is 0 Å².